The number of nitrogens with zero attached hydrogens (tertiary/aromatic N) is 3. The molecule has 1 atom stereocenters. The summed E-state index contributed by atoms with van der Waals surface area (Å²) in [6.45, 7) is 3.44. The van der Waals surface area contributed by atoms with E-state index in [2.05, 4.69) is 20.9 Å². The van der Waals surface area contributed by atoms with Gasteiger partial charge in [0.2, 0.25) is 5.89 Å². The number of hydrogen-bond acceptors (Lipinski definition) is 4. The molecule has 0 amide bonds. The van der Waals surface area contributed by atoms with Crippen LogP contribution in [0.25, 0.3) is 11.5 Å². The van der Waals surface area contributed by atoms with Crippen molar-refractivity contribution in [1.29, 1.82) is 0 Å². The molecule has 0 N–H and O–H groups in total. The van der Waals surface area contributed by atoms with Crippen molar-refractivity contribution < 1.29 is 17.6 Å². The molecule has 4 nitrogen and oxygen atoms in total. The number of pyridine rings is 1. The average Bonchev–Trinajstić information content (AvgIpc) is 3.09. The van der Waals surface area contributed by atoms with Crippen LogP contribution in [-0.4, -0.2) is 21.4 Å². The predicted molar refractivity (Wildman–Crippen MR) is 103 cm³/mol. The SMILES string of the molecule is Cc1oc(-c2ccc(C(F)(F)F)cc2)nc1CN1CCCC[C@@H]1c1cccnc1. The van der Waals surface area contributed by atoms with Crippen molar-refractivity contribution in [1.82, 2.24) is 14.9 Å². The fourth-order valence-electron chi connectivity index (χ4n) is 3.82. The molecule has 0 spiro atoms. The molecule has 4 rings (SSSR count). The first-order chi connectivity index (χ1) is 13.9. The molecule has 0 unspecified atom stereocenters. The van der Waals surface area contributed by atoms with E-state index in [9.17, 15) is 13.2 Å². The fraction of sp³-hybridized carbons (Fsp3) is 0.364. The zero-order valence-corrected chi connectivity index (χ0v) is 16.1. The Morgan fingerprint density at radius 1 is 1.14 bits per heavy atom. The van der Waals surface area contributed by atoms with Gasteiger partial charge in [-0.3, -0.25) is 9.88 Å². The summed E-state index contributed by atoms with van der Waals surface area (Å²) in [7, 11) is 0. The number of aryl methyl sites for hydroxylation is 1. The number of piperidine rings is 1. The fourth-order valence-corrected chi connectivity index (χ4v) is 3.82. The third-order valence-electron chi connectivity index (χ3n) is 5.39. The van der Waals surface area contributed by atoms with Gasteiger partial charge in [-0.25, -0.2) is 4.98 Å². The molecule has 7 heteroatoms. The van der Waals surface area contributed by atoms with Crippen molar-refractivity contribution >= 4 is 0 Å². The summed E-state index contributed by atoms with van der Waals surface area (Å²) < 4.78 is 44.1. The molecule has 0 radical (unpaired) electrons. The molecule has 0 saturated carbocycles. The Balaban J connectivity index is 1.55. The molecule has 1 aromatic carbocycles. The van der Waals surface area contributed by atoms with Gasteiger partial charge in [0, 0.05) is 30.5 Å². The first-order valence-corrected chi connectivity index (χ1v) is 9.70. The third-order valence-corrected chi connectivity index (χ3v) is 5.39. The van der Waals surface area contributed by atoms with E-state index in [1.54, 1.807) is 6.20 Å². The highest BCUT2D eigenvalue weighted by atomic mass is 19.4. The van der Waals surface area contributed by atoms with Gasteiger partial charge in [0.05, 0.1) is 11.3 Å². The highest BCUT2D eigenvalue weighted by Crippen LogP contribution is 2.34. The largest absolute Gasteiger partial charge is 0.441 e. The summed E-state index contributed by atoms with van der Waals surface area (Å²) in [6, 6.07) is 9.23. The molecule has 152 valence electrons. The van der Waals surface area contributed by atoms with Crippen molar-refractivity contribution in [2.24, 2.45) is 0 Å². The molecule has 1 fully saturated rings. The zero-order valence-electron chi connectivity index (χ0n) is 16.1. The molecule has 1 saturated heterocycles. The standard InChI is InChI=1S/C22H22F3N3O/c1-15-19(14-28-12-3-2-6-20(28)17-5-4-11-26-13-17)27-21(29-15)16-7-9-18(10-8-16)22(23,24)25/h4-5,7-11,13,20H,2-3,6,12,14H2,1H3/t20-/m1/s1. The van der Waals surface area contributed by atoms with Crippen LogP contribution in [0.1, 0.15) is 47.9 Å². The molecule has 2 aromatic heterocycles. The number of hydrogen-bond donors (Lipinski definition) is 0. The molecule has 29 heavy (non-hydrogen) atoms. The van der Waals surface area contributed by atoms with Crippen molar-refractivity contribution in [3.05, 3.63) is 71.4 Å². The van der Waals surface area contributed by atoms with Crippen LogP contribution in [0, 0.1) is 6.92 Å². The van der Waals surface area contributed by atoms with Crippen molar-refractivity contribution in [3.8, 4) is 11.5 Å². The van der Waals surface area contributed by atoms with Crippen molar-refractivity contribution in [2.75, 3.05) is 6.54 Å². The number of rotatable bonds is 4. The van der Waals surface area contributed by atoms with E-state index in [1.807, 2.05) is 19.2 Å². The number of likely N-dealkylation sites (tertiary alicyclic amines) is 1. The molecular weight excluding hydrogens is 379 g/mol. The van der Waals surface area contributed by atoms with Crippen LogP contribution >= 0.6 is 0 Å². The van der Waals surface area contributed by atoms with Crippen LogP contribution < -0.4 is 0 Å². The molecule has 3 aromatic rings. The maximum atomic E-state index is 12.8. The van der Waals surface area contributed by atoms with Gasteiger partial charge in [0.25, 0.3) is 0 Å². The molecule has 0 bridgehead atoms. The Morgan fingerprint density at radius 2 is 1.93 bits per heavy atom. The Labute approximate surface area is 167 Å². The van der Waals surface area contributed by atoms with Gasteiger partial charge in [-0.2, -0.15) is 13.2 Å². The Morgan fingerprint density at radius 3 is 2.62 bits per heavy atom. The number of aromatic nitrogens is 2. The first-order valence-electron chi connectivity index (χ1n) is 9.70. The Kier molecular flexibility index (Phi) is 5.41. The van der Waals surface area contributed by atoms with Gasteiger partial charge in [-0.05, 0) is 62.2 Å². The Hall–Kier alpha value is -2.67. The van der Waals surface area contributed by atoms with E-state index in [1.165, 1.54) is 24.1 Å². The normalized spacial score (nSPS) is 18.1. The lowest BCUT2D eigenvalue weighted by Gasteiger charge is -2.35. The smallest absolute Gasteiger partial charge is 0.416 e. The second kappa shape index (κ2) is 7.99. The molecular formula is C22H22F3N3O. The lowest BCUT2D eigenvalue weighted by molar-refractivity contribution is -0.137. The van der Waals surface area contributed by atoms with Gasteiger partial charge in [-0.15, -0.1) is 0 Å². The summed E-state index contributed by atoms with van der Waals surface area (Å²) in [6.07, 6.45) is 2.69. The van der Waals surface area contributed by atoms with Crippen LogP contribution in [0.15, 0.2) is 53.2 Å². The summed E-state index contributed by atoms with van der Waals surface area (Å²) in [5, 5.41) is 0. The van der Waals surface area contributed by atoms with Crippen molar-refractivity contribution in [2.45, 2.75) is 44.9 Å². The lowest BCUT2D eigenvalue weighted by atomic mass is 9.96. The molecule has 3 heterocycles. The van der Waals surface area contributed by atoms with Gasteiger partial charge in [-0.1, -0.05) is 12.5 Å². The summed E-state index contributed by atoms with van der Waals surface area (Å²) >= 11 is 0. The van der Waals surface area contributed by atoms with Gasteiger partial charge in [0.1, 0.15) is 5.76 Å². The second-order valence-corrected chi connectivity index (χ2v) is 7.37. The minimum Gasteiger partial charge on any atom is -0.441 e. The van der Waals surface area contributed by atoms with E-state index in [0.29, 0.717) is 23.8 Å². The number of oxazole rings is 1. The van der Waals surface area contributed by atoms with E-state index < -0.39 is 11.7 Å². The van der Waals surface area contributed by atoms with Crippen molar-refractivity contribution in [3.63, 3.8) is 0 Å². The summed E-state index contributed by atoms with van der Waals surface area (Å²) in [5.74, 6) is 1.04. The first kappa shape index (κ1) is 19.6. The monoisotopic (exact) mass is 401 g/mol. The third kappa shape index (κ3) is 4.34. The van der Waals surface area contributed by atoms with Crippen LogP contribution in [0.3, 0.4) is 0 Å². The van der Waals surface area contributed by atoms with Crippen LogP contribution in [0.2, 0.25) is 0 Å². The lowest BCUT2D eigenvalue weighted by Crippen LogP contribution is -2.33. The minimum atomic E-state index is -4.36. The topological polar surface area (TPSA) is 42.2 Å². The van der Waals surface area contributed by atoms with Crippen LogP contribution in [0.4, 0.5) is 13.2 Å². The average molecular weight is 401 g/mol. The van der Waals surface area contributed by atoms with E-state index in [-0.39, 0.29) is 6.04 Å². The van der Waals surface area contributed by atoms with Crippen LogP contribution in [0.5, 0.6) is 0 Å². The zero-order chi connectivity index (χ0) is 20.4. The number of alkyl halides is 3. The quantitative estimate of drug-likeness (QED) is 0.555. The van der Waals surface area contributed by atoms with Gasteiger partial charge < -0.3 is 4.42 Å². The molecule has 1 aliphatic heterocycles. The Bertz CT molecular complexity index is 952. The summed E-state index contributed by atoms with van der Waals surface area (Å²) in [5.41, 5.74) is 1.86. The van der Waals surface area contributed by atoms with Gasteiger partial charge in [0.15, 0.2) is 0 Å². The van der Waals surface area contributed by atoms with E-state index in [4.69, 9.17) is 4.42 Å². The number of benzene rings is 1. The highest BCUT2D eigenvalue weighted by Gasteiger charge is 2.30. The van der Waals surface area contributed by atoms with E-state index in [0.717, 1.165) is 37.2 Å². The second-order valence-electron chi connectivity index (χ2n) is 7.37. The van der Waals surface area contributed by atoms with Crippen LogP contribution in [-0.2, 0) is 12.7 Å². The summed E-state index contributed by atoms with van der Waals surface area (Å²) in [4.78, 5) is 11.2. The maximum Gasteiger partial charge on any atom is 0.416 e. The maximum absolute atomic E-state index is 12.8. The van der Waals surface area contributed by atoms with Gasteiger partial charge >= 0.3 is 6.18 Å². The highest BCUT2D eigenvalue weighted by molar-refractivity contribution is 5.54. The predicted octanol–water partition coefficient (Wildman–Crippen LogP) is 5.79. The molecule has 0 aliphatic carbocycles. The van der Waals surface area contributed by atoms with E-state index >= 15 is 0 Å². The number of halogens is 3. The minimum absolute atomic E-state index is 0.281. The molecule has 1 aliphatic rings.